The molecule has 2 atom stereocenters. The van der Waals surface area contributed by atoms with E-state index in [1.807, 2.05) is 0 Å². The van der Waals surface area contributed by atoms with Crippen LogP contribution in [0.15, 0.2) is 60.7 Å². The first-order valence-electron chi connectivity index (χ1n) is 7.15. The smallest absolute Gasteiger partial charge is 0.726 e. The molecule has 2 unspecified atom stereocenters. The van der Waals surface area contributed by atoms with Crippen molar-refractivity contribution in [3.05, 3.63) is 66.2 Å². The Hall–Kier alpha value is -0.0200. The molecule has 13 heteroatoms. The average molecular weight is 448 g/mol. The SMILES string of the molecule is O=S(=O)([O-])OCC(OS(=O)(=O)[O-])C(Oc1ccccc1)c1ccccc1.[Na+].[Na+]. The van der Waals surface area contributed by atoms with Crippen molar-refractivity contribution in [1.82, 2.24) is 0 Å². The van der Waals surface area contributed by atoms with E-state index in [-0.39, 0.29) is 59.1 Å². The van der Waals surface area contributed by atoms with E-state index in [4.69, 9.17) is 4.74 Å². The molecule has 0 spiro atoms. The molecule has 0 amide bonds. The summed E-state index contributed by atoms with van der Waals surface area (Å²) in [6.07, 6.45) is -2.96. The Morgan fingerprint density at radius 2 is 1.29 bits per heavy atom. The zero-order valence-corrected chi connectivity index (χ0v) is 20.8. The number of rotatable bonds is 9. The summed E-state index contributed by atoms with van der Waals surface area (Å²) in [5.74, 6) is 0.295. The minimum absolute atomic E-state index is 0. The first kappa shape index (κ1) is 28.0. The maximum absolute atomic E-state index is 11.0. The van der Waals surface area contributed by atoms with E-state index in [1.54, 1.807) is 60.7 Å². The van der Waals surface area contributed by atoms with Gasteiger partial charge in [0.25, 0.3) is 0 Å². The monoisotopic (exact) mass is 448 g/mol. The van der Waals surface area contributed by atoms with Crippen LogP contribution in [0.5, 0.6) is 5.75 Å². The van der Waals surface area contributed by atoms with Gasteiger partial charge in [-0.05, 0) is 17.7 Å². The van der Waals surface area contributed by atoms with E-state index in [1.165, 1.54) is 0 Å². The molecule has 28 heavy (non-hydrogen) atoms. The molecule has 0 radical (unpaired) electrons. The van der Waals surface area contributed by atoms with Crippen molar-refractivity contribution < 1.29 is 98.2 Å². The molecule has 0 aliphatic carbocycles. The van der Waals surface area contributed by atoms with Gasteiger partial charge >= 0.3 is 59.1 Å². The summed E-state index contributed by atoms with van der Waals surface area (Å²) in [5.41, 5.74) is 0.372. The quantitative estimate of drug-likeness (QED) is 0.210. The predicted octanol–water partition coefficient (Wildman–Crippen LogP) is -4.86. The number of hydrogen-bond donors (Lipinski definition) is 0. The summed E-state index contributed by atoms with van der Waals surface area (Å²) in [7, 11) is -10.4. The standard InChI is InChI=1S/C15H16O9S2.2Na/c16-25(17,18)22-11-14(24-26(19,20)21)15(12-7-3-1-4-8-12)23-13-9-5-2-6-10-13;;/h1-10,14-15H,11H2,(H,16,17,18)(H,19,20,21);;/q;2*+1/p-2. The first-order chi connectivity index (χ1) is 12.1. The maximum atomic E-state index is 11.0. The van der Waals surface area contributed by atoms with Crippen LogP contribution in [-0.4, -0.2) is 38.7 Å². The van der Waals surface area contributed by atoms with Gasteiger partial charge in [-0.1, -0.05) is 48.5 Å². The second-order valence-electron chi connectivity index (χ2n) is 5.00. The van der Waals surface area contributed by atoms with Gasteiger partial charge in [0.1, 0.15) is 11.9 Å². The molecule has 2 rings (SSSR count). The molecule has 2 aromatic rings. The van der Waals surface area contributed by atoms with Crippen LogP contribution in [0.1, 0.15) is 11.7 Å². The topological polar surface area (TPSA) is 142 Å². The Kier molecular flexibility index (Phi) is 12.6. The van der Waals surface area contributed by atoms with Gasteiger partial charge in [-0.15, -0.1) is 0 Å². The van der Waals surface area contributed by atoms with Crippen molar-refractivity contribution >= 4 is 20.8 Å². The normalized spacial score (nSPS) is 13.5. The predicted molar refractivity (Wildman–Crippen MR) is 86.5 cm³/mol. The molecule has 0 saturated carbocycles. The number of benzene rings is 2. The molecule has 2 aromatic carbocycles. The van der Waals surface area contributed by atoms with E-state index < -0.39 is 39.6 Å². The summed E-state index contributed by atoms with van der Waals surface area (Å²) in [6.45, 7) is -1.03. The molecule has 0 aromatic heterocycles. The van der Waals surface area contributed by atoms with E-state index in [0.29, 0.717) is 11.3 Å². The number of hydrogen-bond acceptors (Lipinski definition) is 9. The summed E-state index contributed by atoms with van der Waals surface area (Å²) in [4.78, 5) is 0. The van der Waals surface area contributed by atoms with Crippen LogP contribution >= 0.6 is 0 Å². The van der Waals surface area contributed by atoms with Crippen molar-refractivity contribution in [2.75, 3.05) is 6.61 Å². The van der Waals surface area contributed by atoms with E-state index >= 15 is 0 Å². The third kappa shape index (κ3) is 10.7. The Morgan fingerprint density at radius 3 is 1.75 bits per heavy atom. The van der Waals surface area contributed by atoms with E-state index in [2.05, 4.69) is 8.37 Å². The molecular formula is C15H14Na2O9S2. The van der Waals surface area contributed by atoms with Crippen molar-refractivity contribution in [1.29, 1.82) is 0 Å². The fourth-order valence-corrected chi connectivity index (χ4v) is 2.87. The summed E-state index contributed by atoms with van der Waals surface area (Å²) in [5, 5.41) is 0. The minimum Gasteiger partial charge on any atom is -0.726 e. The Bertz CT molecular complexity index is 907. The van der Waals surface area contributed by atoms with Crippen LogP contribution < -0.4 is 63.9 Å². The number of para-hydroxylation sites is 1. The molecule has 0 heterocycles. The first-order valence-corrected chi connectivity index (χ1v) is 9.82. The van der Waals surface area contributed by atoms with Crippen LogP contribution in [0.2, 0.25) is 0 Å². The fraction of sp³-hybridized carbons (Fsp3) is 0.200. The van der Waals surface area contributed by atoms with Crippen LogP contribution in [0, 0.1) is 0 Å². The Labute approximate surface area is 207 Å². The molecule has 0 bridgehead atoms. The minimum atomic E-state index is -5.24. The van der Waals surface area contributed by atoms with E-state index in [0.717, 1.165) is 0 Å². The van der Waals surface area contributed by atoms with Crippen molar-refractivity contribution in [3.63, 3.8) is 0 Å². The van der Waals surface area contributed by atoms with Gasteiger partial charge in [0, 0.05) is 0 Å². The van der Waals surface area contributed by atoms with Gasteiger partial charge in [-0.25, -0.2) is 16.8 Å². The van der Waals surface area contributed by atoms with Crippen LogP contribution in [0.3, 0.4) is 0 Å². The van der Waals surface area contributed by atoms with Crippen LogP contribution in [-0.2, 0) is 29.2 Å². The maximum Gasteiger partial charge on any atom is 1.00 e. The molecule has 0 fully saturated rings. The fourth-order valence-electron chi connectivity index (χ4n) is 2.11. The average Bonchev–Trinajstić information content (AvgIpc) is 2.57. The van der Waals surface area contributed by atoms with Gasteiger partial charge in [-0.2, -0.15) is 0 Å². The largest absolute Gasteiger partial charge is 1.00 e. The van der Waals surface area contributed by atoms with Crippen LogP contribution in [0.4, 0.5) is 0 Å². The Balaban J connectivity index is 0.00000364. The molecule has 0 aliphatic rings. The molecule has 9 nitrogen and oxygen atoms in total. The third-order valence-electron chi connectivity index (χ3n) is 3.09. The molecular weight excluding hydrogens is 434 g/mol. The van der Waals surface area contributed by atoms with Crippen molar-refractivity contribution in [2.24, 2.45) is 0 Å². The van der Waals surface area contributed by atoms with Crippen molar-refractivity contribution in [3.8, 4) is 5.75 Å². The zero-order valence-electron chi connectivity index (χ0n) is 15.1. The number of ether oxygens (including phenoxy) is 1. The second-order valence-corrected chi connectivity index (χ2v) is 7.06. The summed E-state index contributed by atoms with van der Waals surface area (Å²) >= 11 is 0. The van der Waals surface area contributed by atoms with Gasteiger partial charge in [0.15, 0.2) is 6.10 Å². The molecule has 0 aliphatic heterocycles. The molecule has 0 saturated heterocycles. The zero-order chi connectivity index (χ0) is 19.2. The molecule has 0 N–H and O–H groups in total. The van der Waals surface area contributed by atoms with Crippen LogP contribution in [0.25, 0.3) is 0 Å². The Morgan fingerprint density at radius 1 is 0.786 bits per heavy atom. The van der Waals surface area contributed by atoms with Gasteiger partial charge in [0.2, 0.25) is 20.8 Å². The van der Waals surface area contributed by atoms with Gasteiger partial charge in [-0.3, -0.25) is 8.37 Å². The van der Waals surface area contributed by atoms with Gasteiger partial charge < -0.3 is 13.8 Å². The third-order valence-corrected chi connectivity index (χ3v) is 4.00. The molecule has 142 valence electrons. The second kappa shape index (κ2) is 12.6. The van der Waals surface area contributed by atoms with Crippen molar-refractivity contribution in [2.45, 2.75) is 12.2 Å². The summed E-state index contributed by atoms with van der Waals surface area (Å²) in [6, 6.07) is 16.1. The summed E-state index contributed by atoms with van der Waals surface area (Å²) < 4.78 is 79.4. The van der Waals surface area contributed by atoms with E-state index in [9.17, 15) is 25.9 Å². The van der Waals surface area contributed by atoms with Gasteiger partial charge in [0.05, 0.1) is 6.61 Å².